The highest BCUT2D eigenvalue weighted by molar-refractivity contribution is 6.05. The van der Waals surface area contributed by atoms with E-state index >= 15 is 0 Å². The zero-order chi connectivity index (χ0) is 18.4. The van der Waals surface area contributed by atoms with E-state index in [-0.39, 0.29) is 17.9 Å². The molecule has 0 saturated carbocycles. The lowest BCUT2D eigenvalue weighted by Gasteiger charge is -2.14. The number of carbonyl (C=O) groups is 2. The third-order valence-corrected chi connectivity index (χ3v) is 3.65. The summed E-state index contributed by atoms with van der Waals surface area (Å²) in [6.07, 6.45) is 0.443. The molecule has 0 spiro atoms. The van der Waals surface area contributed by atoms with Gasteiger partial charge < -0.3 is 15.4 Å². The van der Waals surface area contributed by atoms with E-state index in [0.717, 1.165) is 5.56 Å². The van der Waals surface area contributed by atoms with E-state index in [4.69, 9.17) is 4.74 Å². The van der Waals surface area contributed by atoms with E-state index < -0.39 is 0 Å². The molecule has 0 fully saturated rings. The van der Waals surface area contributed by atoms with E-state index in [9.17, 15) is 9.59 Å². The van der Waals surface area contributed by atoms with Crippen LogP contribution in [0.25, 0.3) is 0 Å². The number of nitrogens with one attached hydrogen (secondary N) is 2. The highest BCUT2D eigenvalue weighted by Gasteiger charge is 2.12. The Morgan fingerprint density at radius 3 is 2.32 bits per heavy atom. The van der Waals surface area contributed by atoms with Crippen molar-refractivity contribution in [3.63, 3.8) is 0 Å². The van der Waals surface area contributed by atoms with Crippen LogP contribution in [0.5, 0.6) is 5.75 Å². The van der Waals surface area contributed by atoms with Crippen molar-refractivity contribution in [2.45, 2.75) is 40.2 Å². The summed E-state index contributed by atoms with van der Waals surface area (Å²) in [6, 6.07) is 12.5. The van der Waals surface area contributed by atoms with Crippen molar-refractivity contribution in [3.05, 3.63) is 53.6 Å². The molecule has 0 atom stereocenters. The summed E-state index contributed by atoms with van der Waals surface area (Å²) in [7, 11) is 0. The molecular weight excluding hydrogens is 316 g/mol. The molecule has 0 unspecified atom stereocenters. The van der Waals surface area contributed by atoms with Crippen LogP contribution in [0.1, 0.15) is 43.1 Å². The molecule has 2 N–H and O–H groups in total. The van der Waals surface area contributed by atoms with Crippen molar-refractivity contribution in [3.8, 4) is 5.75 Å². The second kappa shape index (κ2) is 8.33. The Kier molecular flexibility index (Phi) is 6.17. The second-order valence-electron chi connectivity index (χ2n) is 6.03. The van der Waals surface area contributed by atoms with Crippen LogP contribution in [0.2, 0.25) is 0 Å². The van der Waals surface area contributed by atoms with Gasteiger partial charge in [-0.05, 0) is 56.7 Å². The Labute approximate surface area is 148 Å². The van der Waals surface area contributed by atoms with Crippen molar-refractivity contribution in [1.29, 1.82) is 0 Å². The van der Waals surface area contributed by atoms with Gasteiger partial charge in [-0.3, -0.25) is 9.59 Å². The number of hydrogen-bond acceptors (Lipinski definition) is 3. The third kappa shape index (κ3) is 5.08. The highest BCUT2D eigenvalue weighted by Crippen LogP contribution is 2.24. The minimum Gasteiger partial charge on any atom is -0.491 e. The molecule has 2 aromatic carbocycles. The van der Waals surface area contributed by atoms with E-state index in [1.807, 2.05) is 39.0 Å². The lowest BCUT2D eigenvalue weighted by molar-refractivity contribution is -0.115. The molecule has 132 valence electrons. The molecule has 0 aliphatic rings. The van der Waals surface area contributed by atoms with Crippen molar-refractivity contribution >= 4 is 23.2 Å². The Morgan fingerprint density at radius 2 is 1.68 bits per heavy atom. The first-order chi connectivity index (χ1) is 11.9. The van der Waals surface area contributed by atoms with Crippen LogP contribution < -0.4 is 15.4 Å². The number of ether oxygens (including phenoxy) is 1. The fraction of sp³-hybridized carbons (Fsp3) is 0.300. The van der Waals surface area contributed by atoms with Crippen molar-refractivity contribution in [1.82, 2.24) is 0 Å². The minimum atomic E-state index is -0.226. The zero-order valence-corrected chi connectivity index (χ0v) is 15.1. The summed E-state index contributed by atoms with van der Waals surface area (Å²) in [5, 5.41) is 5.73. The molecule has 5 nitrogen and oxygen atoms in total. The smallest absolute Gasteiger partial charge is 0.255 e. The maximum Gasteiger partial charge on any atom is 0.255 e. The van der Waals surface area contributed by atoms with Crippen LogP contribution in [0.4, 0.5) is 11.4 Å². The van der Waals surface area contributed by atoms with E-state index in [0.29, 0.717) is 29.1 Å². The van der Waals surface area contributed by atoms with Crippen molar-refractivity contribution < 1.29 is 14.3 Å². The highest BCUT2D eigenvalue weighted by atomic mass is 16.5. The SMILES string of the molecule is CCC(=O)Nc1cccc(NC(=O)c2cccc(OC(C)C)c2)c1C. The molecule has 0 heterocycles. The van der Waals surface area contributed by atoms with Gasteiger partial charge in [0.1, 0.15) is 5.75 Å². The molecule has 2 aromatic rings. The van der Waals surface area contributed by atoms with Gasteiger partial charge in [-0.2, -0.15) is 0 Å². The monoisotopic (exact) mass is 340 g/mol. The fourth-order valence-corrected chi connectivity index (χ4v) is 2.32. The molecule has 5 heteroatoms. The first-order valence-corrected chi connectivity index (χ1v) is 8.38. The largest absolute Gasteiger partial charge is 0.491 e. The Bertz CT molecular complexity index is 769. The molecule has 0 bridgehead atoms. The summed E-state index contributed by atoms with van der Waals surface area (Å²) >= 11 is 0. The number of benzene rings is 2. The van der Waals surface area contributed by atoms with Gasteiger partial charge in [0.2, 0.25) is 5.91 Å². The first kappa shape index (κ1) is 18.5. The van der Waals surface area contributed by atoms with Crippen LogP contribution in [0.3, 0.4) is 0 Å². The van der Waals surface area contributed by atoms with E-state index in [1.54, 1.807) is 31.2 Å². The van der Waals surface area contributed by atoms with Gasteiger partial charge in [0.05, 0.1) is 6.10 Å². The average Bonchev–Trinajstić information content (AvgIpc) is 2.58. The number of amides is 2. The second-order valence-corrected chi connectivity index (χ2v) is 6.03. The zero-order valence-electron chi connectivity index (χ0n) is 15.1. The Morgan fingerprint density at radius 1 is 1.04 bits per heavy atom. The molecule has 0 aliphatic carbocycles. The maximum absolute atomic E-state index is 12.5. The predicted octanol–water partition coefficient (Wildman–Crippen LogP) is 4.38. The van der Waals surface area contributed by atoms with Crippen LogP contribution in [-0.2, 0) is 4.79 Å². The van der Waals surface area contributed by atoms with Gasteiger partial charge in [0.15, 0.2) is 0 Å². The summed E-state index contributed by atoms with van der Waals surface area (Å²) < 4.78 is 5.63. The summed E-state index contributed by atoms with van der Waals surface area (Å²) in [5.74, 6) is 0.365. The van der Waals surface area contributed by atoms with Gasteiger partial charge in [-0.1, -0.05) is 19.1 Å². The molecule has 25 heavy (non-hydrogen) atoms. The molecule has 0 aromatic heterocycles. The molecule has 0 aliphatic heterocycles. The van der Waals surface area contributed by atoms with Gasteiger partial charge in [0, 0.05) is 23.4 Å². The fourth-order valence-electron chi connectivity index (χ4n) is 2.32. The van der Waals surface area contributed by atoms with E-state index in [2.05, 4.69) is 10.6 Å². The van der Waals surface area contributed by atoms with Gasteiger partial charge in [-0.15, -0.1) is 0 Å². The molecule has 2 rings (SSSR count). The first-order valence-electron chi connectivity index (χ1n) is 8.38. The summed E-state index contributed by atoms with van der Waals surface area (Å²) in [4.78, 5) is 24.1. The van der Waals surface area contributed by atoms with Crippen LogP contribution in [0, 0.1) is 6.92 Å². The van der Waals surface area contributed by atoms with Crippen LogP contribution >= 0.6 is 0 Å². The van der Waals surface area contributed by atoms with Crippen LogP contribution in [-0.4, -0.2) is 17.9 Å². The Balaban J connectivity index is 2.18. The van der Waals surface area contributed by atoms with E-state index in [1.165, 1.54) is 0 Å². The molecule has 0 saturated heterocycles. The lowest BCUT2D eigenvalue weighted by Crippen LogP contribution is -2.15. The summed E-state index contributed by atoms with van der Waals surface area (Å²) in [5.41, 5.74) is 2.68. The molecular formula is C20H24N2O3. The normalized spacial score (nSPS) is 10.4. The maximum atomic E-state index is 12.5. The summed E-state index contributed by atoms with van der Waals surface area (Å²) in [6.45, 7) is 7.53. The number of hydrogen-bond donors (Lipinski definition) is 2. The average molecular weight is 340 g/mol. The quantitative estimate of drug-likeness (QED) is 0.820. The van der Waals surface area contributed by atoms with Crippen molar-refractivity contribution in [2.24, 2.45) is 0 Å². The Hall–Kier alpha value is -2.82. The molecule has 0 radical (unpaired) electrons. The van der Waals surface area contributed by atoms with Crippen molar-refractivity contribution in [2.75, 3.05) is 10.6 Å². The standard InChI is InChI=1S/C20H24N2O3/c1-5-19(23)21-17-10-7-11-18(14(17)4)22-20(24)15-8-6-9-16(12-15)25-13(2)3/h6-13H,5H2,1-4H3,(H,21,23)(H,22,24). The molecule has 2 amide bonds. The van der Waals surface area contributed by atoms with Gasteiger partial charge in [-0.25, -0.2) is 0 Å². The predicted molar refractivity (Wildman–Crippen MR) is 100 cm³/mol. The van der Waals surface area contributed by atoms with Gasteiger partial charge >= 0.3 is 0 Å². The number of carbonyl (C=O) groups excluding carboxylic acids is 2. The van der Waals surface area contributed by atoms with Gasteiger partial charge in [0.25, 0.3) is 5.91 Å². The number of rotatable bonds is 6. The topological polar surface area (TPSA) is 67.4 Å². The van der Waals surface area contributed by atoms with Crippen LogP contribution in [0.15, 0.2) is 42.5 Å². The lowest BCUT2D eigenvalue weighted by atomic mass is 10.1. The minimum absolute atomic E-state index is 0.0411. The number of anilines is 2. The third-order valence-electron chi connectivity index (χ3n) is 3.65.